The molecule has 0 amide bonds. The topological polar surface area (TPSA) is 245 Å². The van der Waals surface area contributed by atoms with Crippen LogP contribution >= 0.6 is 15.2 Å². The summed E-state index contributed by atoms with van der Waals surface area (Å²) >= 11 is 0. The van der Waals surface area contributed by atoms with E-state index < -0.39 is 49.9 Å². The predicted octanol–water partition coefficient (Wildman–Crippen LogP) is 12.8. The molecule has 2 unspecified atom stereocenters. The van der Waals surface area contributed by atoms with Gasteiger partial charge in [0.05, 0.1) is 50.2 Å². The van der Waals surface area contributed by atoms with Gasteiger partial charge < -0.3 is 43.8 Å². The number of allylic oxidation sites excluding steroid dienone is 6. The molecule has 392 valence electrons. The van der Waals surface area contributed by atoms with Crippen LogP contribution in [0.5, 0.6) is 0 Å². The smallest absolute Gasteiger partial charge is 0.330 e. The van der Waals surface area contributed by atoms with Crippen LogP contribution in [-0.4, -0.2) is 88.8 Å². The van der Waals surface area contributed by atoms with Crippen molar-refractivity contribution < 1.29 is 66.8 Å². The van der Waals surface area contributed by atoms with Crippen molar-refractivity contribution in [2.75, 3.05) is 44.1 Å². The lowest BCUT2D eigenvalue weighted by Gasteiger charge is -2.29. The first-order valence-corrected chi connectivity index (χ1v) is 28.5. The Bertz CT molecular complexity index is 2280. The number of nitrogens with one attached hydrogen (secondary N) is 1. The van der Waals surface area contributed by atoms with Gasteiger partial charge in [-0.3, -0.25) is 33.3 Å². The van der Waals surface area contributed by atoms with Crippen molar-refractivity contribution in [3.63, 3.8) is 0 Å². The summed E-state index contributed by atoms with van der Waals surface area (Å²) in [5.41, 5.74) is 6.33. The number of hydrogen-bond donors (Lipinski definition) is 5. The van der Waals surface area contributed by atoms with E-state index in [1.165, 1.54) is 0 Å². The van der Waals surface area contributed by atoms with Gasteiger partial charge in [0.1, 0.15) is 0 Å². The molecule has 0 saturated heterocycles. The van der Waals surface area contributed by atoms with Crippen LogP contribution in [0.1, 0.15) is 152 Å². The Morgan fingerprint density at radius 1 is 0.563 bits per heavy atom. The number of aliphatic carboxylic acids is 4. The van der Waals surface area contributed by atoms with Gasteiger partial charge in [0.15, 0.2) is 0 Å². The number of rotatable bonds is 37. The molecule has 71 heavy (non-hydrogen) atoms. The third-order valence-electron chi connectivity index (χ3n) is 13.0. The number of anilines is 1. The molecule has 18 heteroatoms. The molecule has 4 rings (SSSR count). The number of unbranched alkanes of at least 4 members (excludes halogenated alkanes) is 8. The maximum atomic E-state index is 14.4. The van der Waals surface area contributed by atoms with Crippen molar-refractivity contribution in [3.05, 3.63) is 94.7 Å². The highest BCUT2D eigenvalue weighted by Crippen LogP contribution is 2.55. The Morgan fingerprint density at radius 2 is 0.986 bits per heavy atom. The molecule has 0 spiro atoms. The monoisotopic (exact) mass is 1030 g/mol. The zero-order valence-electron chi connectivity index (χ0n) is 42.0. The fourth-order valence-corrected chi connectivity index (χ4v) is 12.4. The molecule has 2 aliphatic rings. The molecule has 2 atom stereocenters. The summed E-state index contributed by atoms with van der Waals surface area (Å²) in [6.45, 7) is 8.83. The third-order valence-corrected chi connectivity index (χ3v) is 16.8. The number of carboxylic acid groups (broad SMARTS) is 4. The van der Waals surface area contributed by atoms with E-state index in [0.29, 0.717) is 89.9 Å². The van der Waals surface area contributed by atoms with E-state index in [4.69, 9.17) is 43.5 Å². The molecule has 2 aliphatic heterocycles. The van der Waals surface area contributed by atoms with E-state index in [-0.39, 0.29) is 64.4 Å². The van der Waals surface area contributed by atoms with E-state index in [9.17, 15) is 28.3 Å². The molecule has 5 N–H and O–H groups in total. The Balaban J connectivity index is 1.52. The number of carbonyl (C=O) groups is 4. The van der Waals surface area contributed by atoms with Crippen LogP contribution in [0, 0.1) is 13.8 Å². The summed E-state index contributed by atoms with van der Waals surface area (Å²) < 4.78 is 52.8. The first kappa shape index (κ1) is 58.9. The summed E-state index contributed by atoms with van der Waals surface area (Å²) in [6.07, 6.45) is 17.4. The molecule has 2 aromatic rings. The number of aliphatic imine (C=N–C) groups is 1. The second-order valence-corrected chi connectivity index (χ2v) is 23.4. The summed E-state index contributed by atoms with van der Waals surface area (Å²) in [7, 11) is -7.27. The zero-order chi connectivity index (χ0) is 51.9. The van der Waals surface area contributed by atoms with E-state index in [0.717, 1.165) is 45.0 Å². The first-order valence-electron chi connectivity index (χ1n) is 25.0. The van der Waals surface area contributed by atoms with Crippen molar-refractivity contribution in [1.29, 1.82) is 0 Å². The molecule has 2 aromatic carbocycles. The number of carboxylic acids is 4. The van der Waals surface area contributed by atoms with Crippen LogP contribution in [0.25, 0.3) is 0 Å². The quantitative estimate of drug-likeness (QED) is 0.0240. The van der Waals surface area contributed by atoms with Crippen LogP contribution in [0.2, 0.25) is 0 Å². The highest BCUT2D eigenvalue weighted by Gasteiger charge is 2.42. The first-order chi connectivity index (χ1) is 33.8. The normalized spacial score (nSPS) is 18.3. The van der Waals surface area contributed by atoms with Gasteiger partial charge in [-0.05, 0) is 127 Å². The van der Waals surface area contributed by atoms with Crippen molar-refractivity contribution >= 4 is 56.2 Å². The molecular weight excluding hydrogens is 951 g/mol. The van der Waals surface area contributed by atoms with Crippen LogP contribution in [0.15, 0.2) is 77.5 Å². The molecule has 0 radical (unpaired) electrons. The number of aryl methyl sites for hydroxylation is 2. The molecular formula is C53H76N2O14P2. The summed E-state index contributed by atoms with van der Waals surface area (Å²) in [4.78, 5) is 49.0. The average Bonchev–Trinajstić information content (AvgIpc) is 3.74. The van der Waals surface area contributed by atoms with Crippen molar-refractivity contribution in [2.45, 2.75) is 154 Å². The highest BCUT2D eigenvalue weighted by molar-refractivity contribution is 7.54. The summed E-state index contributed by atoms with van der Waals surface area (Å²) in [5, 5.41) is 39.7. The van der Waals surface area contributed by atoms with Gasteiger partial charge in [0.2, 0.25) is 0 Å². The summed E-state index contributed by atoms with van der Waals surface area (Å²) in [6, 6.07) is 12.3. The van der Waals surface area contributed by atoms with Gasteiger partial charge in [0.25, 0.3) is 0 Å². The maximum absolute atomic E-state index is 14.4. The third kappa shape index (κ3) is 19.7. The van der Waals surface area contributed by atoms with Crippen LogP contribution in [0.3, 0.4) is 0 Å². The van der Waals surface area contributed by atoms with E-state index in [1.807, 2.05) is 68.5 Å². The predicted molar refractivity (Wildman–Crippen MR) is 277 cm³/mol. The minimum absolute atomic E-state index is 0.0492. The number of benzene rings is 2. The van der Waals surface area contributed by atoms with Crippen LogP contribution < -0.4 is 5.32 Å². The molecule has 0 aromatic heterocycles. The Morgan fingerprint density at radius 3 is 1.44 bits per heavy atom. The van der Waals surface area contributed by atoms with E-state index in [2.05, 4.69) is 31.3 Å². The zero-order valence-corrected chi connectivity index (χ0v) is 43.8. The van der Waals surface area contributed by atoms with Crippen molar-refractivity contribution in [2.24, 2.45) is 4.99 Å². The van der Waals surface area contributed by atoms with Gasteiger partial charge in [-0.1, -0.05) is 79.3 Å². The SMILES string of the molecule is Cc1ccc2c(c1)C(C)(CCP(=O)(OCCCCCC(=O)O)OCCCCCC(=O)O)C(C=CC=CC=C1Nc3ccc(C)cc3C1(C)CCP(=O)(OCCCCCC(=O)O)OCCCCCC(=O)O)=N2. The van der Waals surface area contributed by atoms with Gasteiger partial charge in [-0.2, -0.15) is 0 Å². The largest absolute Gasteiger partial charge is 0.481 e. The summed E-state index contributed by atoms with van der Waals surface area (Å²) in [5.74, 6) is -3.47. The molecule has 0 saturated carbocycles. The minimum atomic E-state index is -3.64. The molecule has 0 aliphatic carbocycles. The van der Waals surface area contributed by atoms with E-state index in [1.54, 1.807) is 0 Å². The van der Waals surface area contributed by atoms with Gasteiger partial charge in [-0.25, -0.2) is 0 Å². The Kier molecular flexibility index (Phi) is 24.1. The lowest BCUT2D eigenvalue weighted by molar-refractivity contribution is -0.138. The highest BCUT2D eigenvalue weighted by atomic mass is 31.2. The van der Waals surface area contributed by atoms with Crippen LogP contribution in [0.4, 0.5) is 11.4 Å². The second-order valence-electron chi connectivity index (χ2n) is 19.0. The minimum Gasteiger partial charge on any atom is -0.481 e. The Hall–Kier alpha value is -4.69. The number of hydrogen-bond acceptors (Lipinski definition) is 12. The number of nitrogens with zero attached hydrogens (tertiary/aromatic N) is 1. The second kappa shape index (κ2) is 29.1. The molecule has 0 fully saturated rings. The van der Waals surface area contributed by atoms with Crippen molar-refractivity contribution in [3.8, 4) is 0 Å². The van der Waals surface area contributed by atoms with Gasteiger partial charge in [0, 0.05) is 47.9 Å². The lowest BCUT2D eigenvalue weighted by atomic mass is 9.76. The van der Waals surface area contributed by atoms with Gasteiger partial charge in [-0.15, -0.1) is 0 Å². The fraction of sp³-hybridized carbons (Fsp3) is 0.566. The lowest BCUT2D eigenvalue weighted by Crippen LogP contribution is -2.30. The standard InChI is InChI=1S/C53H76N2O14P2/c1-40-26-28-44-42(38-40)52(3,30-36-70(64,66-32-16-6-12-22-48(56)57)67-33-17-7-13-23-49(58)59)46(54-44)20-10-5-11-21-47-53(4,43-39-41(2)27-29-45(43)55-47)31-37-71(65,68-34-18-8-14-24-50(60)61)69-35-19-9-15-25-51(62)63/h5,10-11,20-21,26-29,38-39,54H,6-9,12-19,22-25,30-37H2,1-4H3,(H,56,57)(H,58,59)(H,60,61)(H,62,63). The van der Waals surface area contributed by atoms with E-state index >= 15 is 0 Å². The maximum Gasteiger partial charge on any atom is 0.330 e. The average molecular weight is 1030 g/mol. The molecule has 16 nitrogen and oxygen atoms in total. The molecule has 2 heterocycles. The van der Waals surface area contributed by atoms with Crippen molar-refractivity contribution in [1.82, 2.24) is 0 Å². The molecule has 0 bridgehead atoms. The number of fused-ring (bicyclic) bond motifs is 2. The fourth-order valence-electron chi connectivity index (χ4n) is 8.66. The van der Waals surface area contributed by atoms with Crippen LogP contribution in [-0.2, 0) is 57.2 Å². The Labute approximate surface area is 419 Å². The van der Waals surface area contributed by atoms with Gasteiger partial charge >= 0.3 is 39.1 Å².